The van der Waals surface area contributed by atoms with Crippen molar-refractivity contribution in [2.75, 3.05) is 4.90 Å². The molecule has 2 amide bonds. The number of nitrogens with one attached hydrogen (secondary N) is 1. The molecule has 0 radical (unpaired) electrons. The van der Waals surface area contributed by atoms with Gasteiger partial charge in [0.1, 0.15) is 0 Å². The summed E-state index contributed by atoms with van der Waals surface area (Å²) in [6.07, 6.45) is 1.78. The molecule has 0 unspecified atom stereocenters. The lowest BCUT2D eigenvalue weighted by Crippen LogP contribution is -2.46. The van der Waals surface area contributed by atoms with E-state index in [1.54, 1.807) is 5.38 Å². The normalized spacial score (nSPS) is 12.4. The van der Waals surface area contributed by atoms with Crippen LogP contribution in [0.3, 0.4) is 0 Å². The third kappa shape index (κ3) is 6.83. The fraction of sp³-hybridized carbons (Fsp3) is 0.333. The van der Waals surface area contributed by atoms with Gasteiger partial charge in [-0.3, -0.25) is 14.5 Å². The van der Waals surface area contributed by atoms with Crippen molar-refractivity contribution in [2.45, 2.75) is 46.3 Å². The van der Waals surface area contributed by atoms with Crippen molar-refractivity contribution in [3.8, 4) is 0 Å². The summed E-state index contributed by atoms with van der Waals surface area (Å²) >= 11 is 1.28. The summed E-state index contributed by atoms with van der Waals surface area (Å²) in [7, 11) is 0. The molecular weight excluding hydrogens is 390 g/mol. The van der Waals surface area contributed by atoms with Gasteiger partial charge in [-0.25, -0.2) is 9.78 Å². The van der Waals surface area contributed by atoms with E-state index >= 15 is 0 Å². The van der Waals surface area contributed by atoms with Crippen LogP contribution in [0.1, 0.15) is 40.3 Å². The lowest BCUT2D eigenvalue weighted by molar-refractivity contribution is -0.150. The predicted octanol–water partition coefficient (Wildman–Crippen LogP) is 3.69. The third-order valence-corrected chi connectivity index (χ3v) is 4.42. The summed E-state index contributed by atoms with van der Waals surface area (Å²) in [5.41, 5.74) is 0.810. The highest BCUT2D eigenvalue weighted by Gasteiger charge is 2.21. The van der Waals surface area contributed by atoms with Crippen molar-refractivity contribution in [1.82, 2.24) is 10.3 Å². The number of hydrogen-bond donors (Lipinski definition) is 1. The van der Waals surface area contributed by atoms with Crippen LogP contribution in [0, 0.1) is 0 Å². The van der Waals surface area contributed by atoms with Gasteiger partial charge in [-0.15, -0.1) is 11.3 Å². The molecule has 0 saturated heterocycles. The number of thiazole rings is 1. The molecule has 154 valence electrons. The molecular formula is C21H25N3O4S. The minimum Gasteiger partial charge on any atom is -0.449 e. The Morgan fingerprint density at radius 3 is 2.45 bits per heavy atom. The maximum absolute atomic E-state index is 12.1. The fourth-order valence-electron chi connectivity index (χ4n) is 2.35. The summed E-state index contributed by atoms with van der Waals surface area (Å²) in [6, 6.07) is 9.19. The molecule has 29 heavy (non-hydrogen) atoms. The van der Waals surface area contributed by atoms with Crippen molar-refractivity contribution >= 4 is 46.0 Å². The van der Waals surface area contributed by atoms with Crippen LogP contribution in [0.15, 0.2) is 41.8 Å². The predicted molar refractivity (Wildman–Crippen MR) is 114 cm³/mol. The summed E-state index contributed by atoms with van der Waals surface area (Å²) in [4.78, 5) is 41.9. The second-order valence-corrected chi connectivity index (χ2v) is 8.23. The molecule has 1 heterocycles. The molecule has 0 aliphatic rings. The van der Waals surface area contributed by atoms with Gasteiger partial charge < -0.3 is 10.1 Å². The van der Waals surface area contributed by atoms with Crippen LogP contribution in [0.5, 0.6) is 0 Å². The molecule has 7 nitrogen and oxygen atoms in total. The van der Waals surface area contributed by atoms with E-state index in [1.165, 1.54) is 42.2 Å². The number of ether oxygens (including phenoxy) is 1. The first kappa shape index (κ1) is 22.3. The highest BCUT2D eigenvalue weighted by atomic mass is 32.1. The van der Waals surface area contributed by atoms with Crippen molar-refractivity contribution in [3.05, 3.63) is 47.5 Å². The molecule has 8 heteroatoms. The zero-order valence-electron chi connectivity index (χ0n) is 17.1. The molecule has 0 spiro atoms. The monoisotopic (exact) mass is 415 g/mol. The van der Waals surface area contributed by atoms with Crippen LogP contribution in [0.25, 0.3) is 6.08 Å². The van der Waals surface area contributed by atoms with Gasteiger partial charge in [-0.1, -0.05) is 18.2 Å². The van der Waals surface area contributed by atoms with Gasteiger partial charge in [0.05, 0.1) is 11.4 Å². The minimum atomic E-state index is -0.913. The number of benzene rings is 1. The van der Waals surface area contributed by atoms with Crippen LogP contribution in [-0.4, -0.2) is 34.4 Å². The molecule has 1 N–H and O–H groups in total. The number of para-hydroxylation sites is 1. The topological polar surface area (TPSA) is 88.6 Å². The van der Waals surface area contributed by atoms with E-state index in [4.69, 9.17) is 4.74 Å². The molecule has 0 saturated carbocycles. The summed E-state index contributed by atoms with van der Waals surface area (Å²) < 4.78 is 5.11. The first-order chi connectivity index (χ1) is 13.6. The van der Waals surface area contributed by atoms with Crippen LogP contribution in [0.4, 0.5) is 10.8 Å². The van der Waals surface area contributed by atoms with Crippen molar-refractivity contribution in [2.24, 2.45) is 0 Å². The second-order valence-electron chi connectivity index (χ2n) is 7.40. The van der Waals surface area contributed by atoms with Crippen molar-refractivity contribution < 1.29 is 19.1 Å². The van der Waals surface area contributed by atoms with E-state index in [0.717, 1.165) is 0 Å². The Morgan fingerprint density at radius 2 is 1.86 bits per heavy atom. The summed E-state index contributed by atoms with van der Waals surface area (Å²) in [5, 5.41) is 4.98. The van der Waals surface area contributed by atoms with Crippen LogP contribution in [-0.2, 0) is 19.1 Å². The molecule has 1 aromatic carbocycles. The van der Waals surface area contributed by atoms with E-state index in [0.29, 0.717) is 16.5 Å². The number of anilines is 2. The van der Waals surface area contributed by atoms with E-state index in [9.17, 15) is 14.4 Å². The van der Waals surface area contributed by atoms with Crippen LogP contribution >= 0.6 is 11.3 Å². The Balaban J connectivity index is 2.03. The Kier molecular flexibility index (Phi) is 7.28. The van der Waals surface area contributed by atoms with E-state index in [2.05, 4.69) is 10.3 Å². The molecule has 0 aliphatic heterocycles. The zero-order chi connectivity index (χ0) is 21.6. The molecule has 1 aromatic heterocycles. The number of hydrogen-bond acceptors (Lipinski definition) is 6. The Bertz CT molecular complexity index is 900. The summed E-state index contributed by atoms with van der Waals surface area (Å²) in [6.45, 7) is 8.51. The Morgan fingerprint density at radius 1 is 1.21 bits per heavy atom. The number of nitrogens with zero attached hydrogens (tertiary/aromatic N) is 2. The van der Waals surface area contributed by atoms with Gasteiger partial charge in [-0.2, -0.15) is 0 Å². The lowest BCUT2D eigenvalue weighted by atomic mass is 10.1. The number of carbonyl (C=O) groups excluding carboxylic acids is 3. The van der Waals surface area contributed by atoms with Gasteiger partial charge in [0.25, 0.3) is 5.91 Å². The first-order valence-electron chi connectivity index (χ1n) is 9.09. The van der Waals surface area contributed by atoms with E-state index in [-0.39, 0.29) is 11.8 Å². The van der Waals surface area contributed by atoms with E-state index < -0.39 is 17.6 Å². The van der Waals surface area contributed by atoms with Crippen LogP contribution in [0.2, 0.25) is 0 Å². The minimum absolute atomic E-state index is 0.167. The van der Waals surface area contributed by atoms with Crippen molar-refractivity contribution in [3.63, 3.8) is 0 Å². The fourth-order valence-corrected chi connectivity index (χ4v) is 3.21. The number of rotatable bonds is 6. The van der Waals surface area contributed by atoms with Crippen LogP contribution < -0.4 is 10.2 Å². The molecule has 0 fully saturated rings. The van der Waals surface area contributed by atoms with Gasteiger partial charge in [-0.05, 0) is 45.9 Å². The highest BCUT2D eigenvalue weighted by Crippen LogP contribution is 2.29. The maximum atomic E-state index is 12.1. The van der Waals surface area contributed by atoms with E-state index in [1.807, 2.05) is 51.1 Å². The average molecular weight is 416 g/mol. The number of carbonyl (C=O) groups is 3. The average Bonchev–Trinajstić information content (AvgIpc) is 3.07. The van der Waals surface area contributed by atoms with Crippen molar-refractivity contribution in [1.29, 1.82) is 0 Å². The van der Waals surface area contributed by atoms with Gasteiger partial charge in [0.15, 0.2) is 11.2 Å². The van der Waals surface area contributed by atoms with Gasteiger partial charge >= 0.3 is 5.97 Å². The second kappa shape index (κ2) is 9.47. The summed E-state index contributed by atoms with van der Waals surface area (Å²) in [5.74, 6) is -1.18. The molecule has 2 rings (SSSR count). The quantitative estimate of drug-likeness (QED) is 0.574. The lowest BCUT2D eigenvalue weighted by Gasteiger charge is -2.22. The molecule has 0 aliphatic carbocycles. The zero-order valence-corrected chi connectivity index (χ0v) is 17.9. The number of amides is 2. The van der Waals surface area contributed by atoms with Gasteiger partial charge in [0, 0.05) is 23.9 Å². The smallest absolute Gasteiger partial charge is 0.331 e. The molecule has 1 atom stereocenters. The molecule has 2 aromatic rings. The highest BCUT2D eigenvalue weighted by molar-refractivity contribution is 7.14. The Labute approximate surface area is 174 Å². The largest absolute Gasteiger partial charge is 0.449 e. The van der Waals surface area contributed by atoms with Gasteiger partial charge in [0.2, 0.25) is 5.91 Å². The SMILES string of the molecule is CC(=O)N(c1ccccc1)c1nc(/C=C/C(=O)O[C@@H](C)C(=O)NC(C)(C)C)cs1. The standard InChI is InChI=1S/C21H25N3O4S/c1-14(19(27)23-21(3,4)5)28-18(26)12-11-16-13-29-20(22-16)24(15(2)25)17-9-7-6-8-10-17/h6-14H,1-5H3,(H,23,27)/b12-11+/t14-/m0/s1. The maximum Gasteiger partial charge on any atom is 0.331 e. The number of aromatic nitrogens is 1. The number of esters is 1. The Hall–Kier alpha value is -3.00. The molecule has 0 bridgehead atoms. The first-order valence-corrected chi connectivity index (χ1v) is 9.97. The third-order valence-electron chi connectivity index (χ3n) is 3.58.